The number of anilines is 1. The molecule has 0 aliphatic rings. The molecule has 2 rings (SSSR count). The number of rotatable bonds is 4. The summed E-state index contributed by atoms with van der Waals surface area (Å²) in [5, 5.41) is 12.2. The largest absolute Gasteiger partial charge is 0.325 e. The van der Waals surface area contributed by atoms with Gasteiger partial charge < -0.3 is 5.32 Å². The molecule has 0 aliphatic heterocycles. The van der Waals surface area contributed by atoms with Crippen LogP contribution in [0, 0.1) is 37.9 Å². The molecule has 2 aromatic rings. The number of halogens is 1. The van der Waals surface area contributed by atoms with Gasteiger partial charge in [-0.2, -0.15) is 5.26 Å². The summed E-state index contributed by atoms with van der Waals surface area (Å²) in [6.45, 7) is 7.45. The molecule has 1 heterocycles. The molecule has 0 bridgehead atoms. The van der Waals surface area contributed by atoms with Crippen molar-refractivity contribution < 1.29 is 9.18 Å². The molecule has 0 spiro atoms. The fourth-order valence-electron chi connectivity index (χ4n) is 2.13. The van der Waals surface area contributed by atoms with E-state index in [2.05, 4.69) is 16.4 Å². The van der Waals surface area contributed by atoms with Gasteiger partial charge in [0.1, 0.15) is 16.9 Å². The van der Waals surface area contributed by atoms with Gasteiger partial charge in [0.15, 0.2) is 0 Å². The summed E-state index contributed by atoms with van der Waals surface area (Å²) in [7, 11) is 0. The number of nitriles is 1. The van der Waals surface area contributed by atoms with Crippen LogP contribution in [-0.2, 0) is 4.79 Å². The highest BCUT2D eigenvalue weighted by molar-refractivity contribution is 8.00. The first-order valence-electron chi connectivity index (χ1n) is 7.44. The van der Waals surface area contributed by atoms with Gasteiger partial charge in [-0.3, -0.25) is 4.79 Å². The van der Waals surface area contributed by atoms with E-state index in [1.165, 1.54) is 36.0 Å². The van der Waals surface area contributed by atoms with Crippen LogP contribution in [0.4, 0.5) is 10.1 Å². The lowest BCUT2D eigenvalue weighted by atomic mass is 10.1. The second kappa shape index (κ2) is 7.45. The smallest absolute Gasteiger partial charge is 0.237 e. The van der Waals surface area contributed by atoms with Gasteiger partial charge in [0.25, 0.3) is 0 Å². The van der Waals surface area contributed by atoms with Crippen LogP contribution in [-0.4, -0.2) is 16.1 Å². The molecule has 0 fully saturated rings. The summed E-state index contributed by atoms with van der Waals surface area (Å²) in [6, 6.07) is 7.76. The van der Waals surface area contributed by atoms with E-state index in [1.54, 1.807) is 6.92 Å². The SMILES string of the molecule is Cc1nc(S[C@@H](C)C(=O)Nc2ccc(F)cc2)c(C#N)c(C)c1C. The highest BCUT2D eigenvalue weighted by Crippen LogP contribution is 2.29. The van der Waals surface area contributed by atoms with Crippen molar-refractivity contribution in [3.05, 3.63) is 52.5 Å². The van der Waals surface area contributed by atoms with Gasteiger partial charge in [-0.05, 0) is 63.1 Å². The number of aryl methyl sites for hydroxylation is 1. The normalized spacial score (nSPS) is 11.7. The zero-order valence-corrected chi connectivity index (χ0v) is 14.8. The fourth-order valence-corrected chi connectivity index (χ4v) is 3.13. The van der Waals surface area contributed by atoms with Crippen LogP contribution in [0.5, 0.6) is 0 Å². The Morgan fingerprint density at radius 2 is 1.88 bits per heavy atom. The van der Waals surface area contributed by atoms with Crippen LogP contribution >= 0.6 is 11.8 Å². The number of carbonyl (C=O) groups is 1. The molecule has 4 nitrogen and oxygen atoms in total. The van der Waals surface area contributed by atoms with Crippen molar-refractivity contribution in [2.24, 2.45) is 0 Å². The van der Waals surface area contributed by atoms with E-state index in [9.17, 15) is 14.4 Å². The molecule has 24 heavy (non-hydrogen) atoms. The van der Waals surface area contributed by atoms with E-state index in [-0.39, 0.29) is 11.7 Å². The molecular formula is C18H18FN3OS. The minimum Gasteiger partial charge on any atom is -0.325 e. The Morgan fingerprint density at radius 3 is 2.46 bits per heavy atom. The van der Waals surface area contributed by atoms with Gasteiger partial charge >= 0.3 is 0 Å². The number of thioether (sulfide) groups is 1. The Labute approximate surface area is 145 Å². The van der Waals surface area contributed by atoms with Crippen molar-refractivity contribution in [3.63, 3.8) is 0 Å². The molecule has 0 aliphatic carbocycles. The number of hydrogen-bond acceptors (Lipinski definition) is 4. The van der Waals surface area contributed by atoms with Gasteiger partial charge in [0.2, 0.25) is 5.91 Å². The Kier molecular flexibility index (Phi) is 5.58. The molecule has 1 aromatic carbocycles. The summed E-state index contributed by atoms with van der Waals surface area (Å²) < 4.78 is 12.9. The lowest BCUT2D eigenvalue weighted by Gasteiger charge is -2.15. The highest BCUT2D eigenvalue weighted by atomic mass is 32.2. The van der Waals surface area contributed by atoms with Crippen molar-refractivity contribution in [1.82, 2.24) is 4.98 Å². The zero-order chi connectivity index (χ0) is 17.9. The molecule has 1 N–H and O–H groups in total. The van der Waals surface area contributed by atoms with Crippen molar-refractivity contribution in [3.8, 4) is 6.07 Å². The lowest BCUT2D eigenvalue weighted by molar-refractivity contribution is -0.115. The van der Waals surface area contributed by atoms with Crippen LogP contribution in [0.25, 0.3) is 0 Å². The maximum Gasteiger partial charge on any atom is 0.237 e. The first-order chi connectivity index (χ1) is 11.3. The first kappa shape index (κ1) is 18.0. The van der Waals surface area contributed by atoms with E-state index < -0.39 is 5.25 Å². The van der Waals surface area contributed by atoms with Crippen LogP contribution in [0.2, 0.25) is 0 Å². The van der Waals surface area contributed by atoms with E-state index in [4.69, 9.17) is 0 Å². The summed E-state index contributed by atoms with van der Waals surface area (Å²) in [5.41, 5.74) is 3.75. The van der Waals surface area contributed by atoms with E-state index in [0.717, 1.165) is 16.8 Å². The van der Waals surface area contributed by atoms with Gasteiger partial charge in [0.05, 0.1) is 10.8 Å². The number of pyridine rings is 1. The summed E-state index contributed by atoms with van der Waals surface area (Å²) >= 11 is 1.24. The Morgan fingerprint density at radius 1 is 1.25 bits per heavy atom. The van der Waals surface area contributed by atoms with E-state index >= 15 is 0 Å². The van der Waals surface area contributed by atoms with Gasteiger partial charge in [-0.15, -0.1) is 0 Å². The van der Waals surface area contributed by atoms with E-state index in [1.807, 2.05) is 20.8 Å². The molecule has 1 atom stereocenters. The number of nitrogens with one attached hydrogen (secondary N) is 1. The third kappa shape index (κ3) is 3.92. The second-order valence-corrected chi connectivity index (χ2v) is 6.82. The Bertz CT molecular complexity index is 812. The monoisotopic (exact) mass is 343 g/mol. The third-order valence-electron chi connectivity index (χ3n) is 3.84. The highest BCUT2D eigenvalue weighted by Gasteiger charge is 2.20. The number of benzene rings is 1. The van der Waals surface area contributed by atoms with Gasteiger partial charge in [-0.25, -0.2) is 9.37 Å². The molecule has 124 valence electrons. The number of amides is 1. The fraction of sp³-hybridized carbons (Fsp3) is 0.278. The molecular weight excluding hydrogens is 325 g/mol. The maximum atomic E-state index is 12.9. The maximum absolute atomic E-state index is 12.9. The van der Waals surface area contributed by atoms with Crippen molar-refractivity contribution in [2.45, 2.75) is 38.0 Å². The zero-order valence-electron chi connectivity index (χ0n) is 14.0. The minimum atomic E-state index is -0.448. The molecule has 6 heteroatoms. The van der Waals surface area contributed by atoms with Gasteiger partial charge in [0, 0.05) is 11.4 Å². The molecule has 0 radical (unpaired) electrons. The number of carbonyl (C=O) groups excluding carboxylic acids is 1. The van der Waals surface area contributed by atoms with Crippen LogP contribution in [0.15, 0.2) is 29.3 Å². The van der Waals surface area contributed by atoms with Gasteiger partial charge in [-0.1, -0.05) is 11.8 Å². The molecule has 0 saturated heterocycles. The van der Waals surface area contributed by atoms with E-state index in [0.29, 0.717) is 16.3 Å². The summed E-state index contributed by atoms with van der Waals surface area (Å²) in [6.07, 6.45) is 0. The molecule has 1 amide bonds. The predicted molar refractivity (Wildman–Crippen MR) is 93.5 cm³/mol. The molecule has 1 aromatic heterocycles. The molecule has 0 saturated carbocycles. The Balaban J connectivity index is 2.17. The molecule has 0 unspecified atom stereocenters. The topological polar surface area (TPSA) is 65.8 Å². The minimum absolute atomic E-state index is 0.229. The van der Waals surface area contributed by atoms with Crippen molar-refractivity contribution >= 4 is 23.4 Å². The standard InChI is InChI=1S/C18H18FN3OS/c1-10-11(2)16(9-20)18(21-12(10)3)24-13(4)17(23)22-15-7-5-14(19)6-8-15/h5-8,13H,1-4H3,(H,22,23)/t13-/m0/s1. The average Bonchev–Trinajstić information content (AvgIpc) is 2.55. The average molecular weight is 343 g/mol. The number of hydrogen-bond donors (Lipinski definition) is 1. The van der Waals surface area contributed by atoms with Crippen LogP contribution < -0.4 is 5.32 Å². The first-order valence-corrected chi connectivity index (χ1v) is 8.32. The van der Waals surface area contributed by atoms with Crippen molar-refractivity contribution in [2.75, 3.05) is 5.32 Å². The summed E-state index contributed by atoms with van der Waals surface area (Å²) in [4.78, 5) is 16.8. The number of nitrogens with zero attached hydrogens (tertiary/aromatic N) is 2. The van der Waals surface area contributed by atoms with Crippen LogP contribution in [0.1, 0.15) is 29.3 Å². The second-order valence-electron chi connectivity index (χ2n) is 5.50. The van der Waals surface area contributed by atoms with Crippen LogP contribution in [0.3, 0.4) is 0 Å². The number of aromatic nitrogens is 1. The summed E-state index contributed by atoms with van der Waals surface area (Å²) in [5.74, 6) is -0.586. The third-order valence-corrected chi connectivity index (χ3v) is 4.93. The Hall–Kier alpha value is -2.39. The quantitative estimate of drug-likeness (QED) is 0.848. The lowest BCUT2D eigenvalue weighted by Crippen LogP contribution is -2.22. The van der Waals surface area contributed by atoms with Crippen molar-refractivity contribution in [1.29, 1.82) is 5.26 Å². The predicted octanol–water partition coefficient (Wildman–Crippen LogP) is 4.14.